The summed E-state index contributed by atoms with van der Waals surface area (Å²) >= 11 is 0. The van der Waals surface area contributed by atoms with Gasteiger partial charge >= 0.3 is 6.09 Å². The fourth-order valence-electron chi connectivity index (χ4n) is 4.09. The molecule has 0 radical (unpaired) electrons. The minimum atomic E-state index is -1.28. The van der Waals surface area contributed by atoms with Crippen LogP contribution in [0.3, 0.4) is 0 Å². The van der Waals surface area contributed by atoms with Gasteiger partial charge in [-0.1, -0.05) is 44.9 Å². The summed E-state index contributed by atoms with van der Waals surface area (Å²) in [7, 11) is 0. The number of unbranched alkanes of at least 4 members (excludes halogenated alkanes) is 1. The Hall–Kier alpha value is -3.10. The summed E-state index contributed by atoms with van der Waals surface area (Å²) in [6.45, 7) is 15.2. The highest BCUT2D eigenvalue weighted by molar-refractivity contribution is 5.94. The molecule has 0 aromatic heterocycles. The van der Waals surface area contributed by atoms with Crippen molar-refractivity contribution in [3.63, 3.8) is 0 Å². The van der Waals surface area contributed by atoms with E-state index in [1.54, 1.807) is 20.8 Å². The molecule has 4 amide bonds. The first-order valence-corrected chi connectivity index (χ1v) is 13.2. The van der Waals surface area contributed by atoms with Gasteiger partial charge in [0.05, 0.1) is 6.42 Å². The molecule has 4 N–H and O–H groups in total. The molecule has 1 aromatic rings. The molecule has 0 fully saturated rings. The molecule has 0 saturated heterocycles. The van der Waals surface area contributed by atoms with Crippen LogP contribution in [0.2, 0.25) is 0 Å². The third-order valence-electron chi connectivity index (χ3n) is 6.04. The van der Waals surface area contributed by atoms with Crippen molar-refractivity contribution >= 4 is 23.8 Å². The number of primary amides is 1. The van der Waals surface area contributed by atoms with E-state index < -0.39 is 42.0 Å². The Kier molecular flexibility index (Phi) is 12.6. The molecule has 37 heavy (non-hydrogen) atoms. The van der Waals surface area contributed by atoms with Gasteiger partial charge in [0, 0.05) is 12.6 Å². The van der Waals surface area contributed by atoms with E-state index in [1.807, 2.05) is 52.8 Å². The number of nitrogens with two attached hydrogens (primary N) is 1. The fourth-order valence-corrected chi connectivity index (χ4v) is 4.09. The first-order chi connectivity index (χ1) is 17.2. The average molecular weight is 519 g/mol. The van der Waals surface area contributed by atoms with Gasteiger partial charge in [0.15, 0.2) is 0 Å². The van der Waals surface area contributed by atoms with Crippen molar-refractivity contribution in [1.82, 2.24) is 15.5 Å². The summed E-state index contributed by atoms with van der Waals surface area (Å²) in [5, 5.41) is 5.56. The lowest BCUT2D eigenvalue weighted by atomic mass is 9.94. The van der Waals surface area contributed by atoms with E-state index in [0.29, 0.717) is 12.0 Å². The molecule has 0 aliphatic heterocycles. The van der Waals surface area contributed by atoms with E-state index in [0.717, 1.165) is 30.4 Å². The SMILES string of the molecule is CCCCN(C(=O)C(CC(N)=O)NC(=O)OC(C)(C)C)C(C(=O)NC(C)CCC)c1cccc(C)c1C. The summed E-state index contributed by atoms with van der Waals surface area (Å²) in [6, 6.07) is 3.33. The van der Waals surface area contributed by atoms with Crippen LogP contribution in [0.5, 0.6) is 0 Å². The van der Waals surface area contributed by atoms with E-state index in [9.17, 15) is 19.2 Å². The predicted molar refractivity (Wildman–Crippen MR) is 145 cm³/mol. The molecule has 3 atom stereocenters. The Morgan fingerprint density at radius 1 is 1.05 bits per heavy atom. The second kappa shape index (κ2) is 14.6. The van der Waals surface area contributed by atoms with Gasteiger partial charge in [0.2, 0.25) is 17.7 Å². The van der Waals surface area contributed by atoms with E-state index in [4.69, 9.17) is 10.5 Å². The van der Waals surface area contributed by atoms with Gasteiger partial charge < -0.3 is 26.0 Å². The van der Waals surface area contributed by atoms with Crippen molar-refractivity contribution < 1.29 is 23.9 Å². The molecular weight excluding hydrogens is 472 g/mol. The molecule has 0 aliphatic rings. The van der Waals surface area contributed by atoms with Crippen LogP contribution in [0.15, 0.2) is 18.2 Å². The largest absolute Gasteiger partial charge is 0.444 e. The smallest absolute Gasteiger partial charge is 0.408 e. The molecule has 0 aliphatic carbocycles. The van der Waals surface area contributed by atoms with E-state index >= 15 is 0 Å². The Morgan fingerprint density at radius 3 is 2.24 bits per heavy atom. The molecule has 1 aromatic carbocycles. The van der Waals surface area contributed by atoms with Crippen molar-refractivity contribution in [3.8, 4) is 0 Å². The van der Waals surface area contributed by atoms with Gasteiger partial charge in [-0.25, -0.2) is 4.79 Å². The molecule has 9 nitrogen and oxygen atoms in total. The monoisotopic (exact) mass is 518 g/mol. The number of rotatable bonds is 13. The maximum Gasteiger partial charge on any atom is 0.408 e. The fraction of sp³-hybridized carbons (Fsp3) is 0.643. The van der Waals surface area contributed by atoms with E-state index in [1.165, 1.54) is 4.90 Å². The highest BCUT2D eigenvalue weighted by Gasteiger charge is 2.37. The Bertz CT molecular complexity index is 941. The zero-order valence-electron chi connectivity index (χ0n) is 23.8. The number of nitrogens with zero attached hydrogens (tertiary/aromatic N) is 1. The molecular formula is C28H46N4O5. The quantitative estimate of drug-likeness (QED) is 0.363. The maximum atomic E-state index is 14.0. The third kappa shape index (κ3) is 10.4. The summed E-state index contributed by atoms with van der Waals surface area (Å²) in [4.78, 5) is 53.6. The molecule has 0 heterocycles. The van der Waals surface area contributed by atoms with Crippen LogP contribution in [0.1, 0.15) is 96.4 Å². The van der Waals surface area contributed by atoms with Crippen LogP contribution in [0, 0.1) is 13.8 Å². The summed E-state index contributed by atoms with van der Waals surface area (Å²) in [5.74, 6) is -1.63. The Balaban J connectivity index is 3.57. The lowest BCUT2D eigenvalue weighted by molar-refractivity contribution is -0.143. The topological polar surface area (TPSA) is 131 Å². The zero-order valence-corrected chi connectivity index (χ0v) is 23.8. The molecule has 3 unspecified atom stereocenters. The second-order valence-electron chi connectivity index (χ2n) is 10.6. The summed E-state index contributed by atoms with van der Waals surface area (Å²) in [6.07, 6.45) is 1.82. The average Bonchev–Trinajstić information content (AvgIpc) is 2.76. The number of alkyl carbamates (subject to hydrolysis) is 1. The molecule has 0 bridgehead atoms. The van der Waals surface area contributed by atoms with Crippen molar-refractivity contribution in [2.75, 3.05) is 6.54 Å². The summed E-state index contributed by atoms with van der Waals surface area (Å²) in [5.41, 5.74) is 7.22. The van der Waals surface area contributed by atoms with E-state index in [2.05, 4.69) is 10.6 Å². The maximum absolute atomic E-state index is 14.0. The highest BCUT2D eigenvalue weighted by atomic mass is 16.6. The van der Waals surface area contributed by atoms with Gasteiger partial charge in [-0.3, -0.25) is 14.4 Å². The first kappa shape index (κ1) is 31.9. The van der Waals surface area contributed by atoms with Gasteiger partial charge in [-0.05, 0) is 71.1 Å². The number of hydrogen-bond donors (Lipinski definition) is 3. The molecule has 0 saturated carbocycles. The predicted octanol–water partition coefficient (Wildman–Crippen LogP) is 4.05. The van der Waals surface area contributed by atoms with Crippen LogP contribution >= 0.6 is 0 Å². The number of carbonyl (C=O) groups is 4. The van der Waals surface area contributed by atoms with E-state index in [-0.39, 0.29) is 18.5 Å². The number of aryl methyl sites for hydroxylation is 1. The lowest BCUT2D eigenvalue weighted by Gasteiger charge is -2.35. The normalized spacial score (nSPS) is 13.7. The minimum Gasteiger partial charge on any atom is -0.444 e. The molecule has 0 spiro atoms. The minimum absolute atomic E-state index is 0.0884. The van der Waals surface area contributed by atoms with Crippen LogP contribution in [-0.2, 0) is 19.1 Å². The Morgan fingerprint density at radius 2 is 1.70 bits per heavy atom. The molecule has 208 valence electrons. The molecule has 1 rings (SSSR count). The number of ether oxygens (including phenoxy) is 1. The number of hydrogen-bond acceptors (Lipinski definition) is 5. The lowest BCUT2D eigenvalue weighted by Crippen LogP contribution is -2.54. The van der Waals surface area contributed by atoms with Gasteiger partial charge in [-0.2, -0.15) is 0 Å². The first-order valence-electron chi connectivity index (χ1n) is 13.2. The highest BCUT2D eigenvalue weighted by Crippen LogP contribution is 2.28. The number of carbonyl (C=O) groups excluding carboxylic acids is 4. The Labute approximate surface area is 221 Å². The van der Waals surface area contributed by atoms with Gasteiger partial charge in [0.25, 0.3) is 0 Å². The van der Waals surface area contributed by atoms with Gasteiger partial charge in [-0.15, -0.1) is 0 Å². The third-order valence-corrected chi connectivity index (χ3v) is 6.04. The van der Waals surface area contributed by atoms with Crippen LogP contribution < -0.4 is 16.4 Å². The van der Waals surface area contributed by atoms with Crippen molar-refractivity contribution in [2.45, 2.75) is 111 Å². The standard InChI is InChI=1S/C28H46N4O5/c1-9-11-16-32(26(35)22(17-23(29)33)31-27(36)37-28(6,7)8)24(25(34)30-19(4)13-10-2)21-15-12-14-18(3)20(21)5/h12,14-15,19,22,24H,9-11,13,16-17H2,1-8H3,(H2,29,33)(H,30,34)(H,31,36). The molecule has 9 heteroatoms. The second-order valence-corrected chi connectivity index (χ2v) is 10.6. The summed E-state index contributed by atoms with van der Waals surface area (Å²) < 4.78 is 5.32. The van der Waals surface area contributed by atoms with Crippen LogP contribution in [-0.4, -0.2) is 52.9 Å². The van der Waals surface area contributed by atoms with Gasteiger partial charge in [0.1, 0.15) is 17.7 Å². The van der Waals surface area contributed by atoms with Crippen molar-refractivity contribution in [3.05, 3.63) is 34.9 Å². The zero-order chi connectivity index (χ0) is 28.3. The van der Waals surface area contributed by atoms with Crippen molar-refractivity contribution in [1.29, 1.82) is 0 Å². The van der Waals surface area contributed by atoms with Crippen LogP contribution in [0.25, 0.3) is 0 Å². The van der Waals surface area contributed by atoms with Crippen molar-refractivity contribution in [2.24, 2.45) is 5.73 Å². The number of benzene rings is 1. The number of amides is 4. The van der Waals surface area contributed by atoms with Crippen LogP contribution in [0.4, 0.5) is 4.79 Å². The number of nitrogens with one attached hydrogen (secondary N) is 2.